The lowest BCUT2D eigenvalue weighted by Crippen LogP contribution is -2.49. The van der Waals surface area contributed by atoms with Crippen LogP contribution in [-0.2, 0) is 9.53 Å². The molecule has 0 aromatic rings. The zero-order chi connectivity index (χ0) is 11.5. The van der Waals surface area contributed by atoms with Gasteiger partial charge in [0.2, 0.25) is 0 Å². The van der Waals surface area contributed by atoms with E-state index in [1.807, 2.05) is 18.7 Å². The average molecular weight is 215 g/mol. The summed E-state index contributed by atoms with van der Waals surface area (Å²) in [7, 11) is 0. The Morgan fingerprint density at radius 2 is 2.27 bits per heavy atom. The molecule has 1 unspecified atom stereocenters. The van der Waals surface area contributed by atoms with Gasteiger partial charge >= 0.3 is 5.97 Å². The van der Waals surface area contributed by atoms with Gasteiger partial charge in [-0.1, -0.05) is 0 Å². The van der Waals surface area contributed by atoms with Crippen molar-refractivity contribution in [2.24, 2.45) is 0 Å². The molecule has 0 aliphatic carbocycles. The lowest BCUT2D eigenvalue weighted by molar-refractivity contribution is -0.149. The summed E-state index contributed by atoms with van der Waals surface area (Å²) in [4.78, 5) is 13.2. The van der Waals surface area contributed by atoms with Crippen molar-refractivity contribution in [3.05, 3.63) is 0 Å². The van der Waals surface area contributed by atoms with Crippen molar-refractivity contribution < 1.29 is 14.6 Å². The van der Waals surface area contributed by atoms with Crippen LogP contribution in [0, 0.1) is 0 Å². The monoisotopic (exact) mass is 215 g/mol. The Kier molecular flexibility index (Phi) is 4.11. The maximum Gasteiger partial charge on any atom is 0.323 e. The van der Waals surface area contributed by atoms with Gasteiger partial charge in [0.15, 0.2) is 0 Å². The molecule has 1 rings (SSSR count). The average Bonchev–Trinajstić information content (AvgIpc) is 2.49. The van der Waals surface area contributed by atoms with E-state index in [2.05, 4.69) is 0 Å². The number of rotatable bonds is 5. The second-order valence-electron chi connectivity index (χ2n) is 4.59. The molecule has 1 fully saturated rings. The SMILES string of the molecule is CC(C)OCCN1CCCC1(C)C(=O)O. The molecular weight excluding hydrogens is 194 g/mol. The first-order valence-corrected chi connectivity index (χ1v) is 5.57. The van der Waals surface area contributed by atoms with Gasteiger partial charge in [0.1, 0.15) is 5.54 Å². The van der Waals surface area contributed by atoms with Crippen LogP contribution < -0.4 is 0 Å². The van der Waals surface area contributed by atoms with Gasteiger partial charge in [0.25, 0.3) is 0 Å². The molecular formula is C11H21NO3. The van der Waals surface area contributed by atoms with E-state index in [4.69, 9.17) is 9.84 Å². The number of likely N-dealkylation sites (tertiary alicyclic amines) is 1. The van der Waals surface area contributed by atoms with E-state index >= 15 is 0 Å². The van der Waals surface area contributed by atoms with Crippen LogP contribution in [-0.4, -0.2) is 47.3 Å². The van der Waals surface area contributed by atoms with Crippen LogP contribution in [0.5, 0.6) is 0 Å². The Bertz CT molecular complexity index is 230. The maximum atomic E-state index is 11.1. The predicted octanol–water partition coefficient (Wildman–Crippen LogP) is 1.35. The zero-order valence-corrected chi connectivity index (χ0v) is 9.82. The van der Waals surface area contributed by atoms with Crippen molar-refractivity contribution in [1.29, 1.82) is 0 Å². The van der Waals surface area contributed by atoms with Crippen LogP contribution in [0.1, 0.15) is 33.6 Å². The van der Waals surface area contributed by atoms with Gasteiger partial charge in [-0.3, -0.25) is 9.69 Å². The van der Waals surface area contributed by atoms with Crippen LogP contribution in [0.2, 0.25) is 0 Å². The quantitative estimate of drug-likeness (QED) is 0.752. The minimum absolute atomic E-state index is 0.212. The summed E-state index contributed by atoms with van der Waals surface area (Å²) >= 11 is 0. The summed E-state index contributed by atoms with van der Waals surface area (Å²) in [5.74, 6) is -0.718. The van der Waals surface area contributed by atoms with Gasteiger partial charge in [0.05, 0.1) is 12.7 Å². The Labute approximate surface area is 91.2 Å². The summed E-state index contributed by atoms with van der Waals surface area (Å²) in [6.07, 6.45) is 1.91. The van der Waals surface area contributed by atoms with Gasteiger partial charge in [-0.05, 0) is 40.2 Å². The molecule has 88 valence electrons. The lowest BCUT2D eigenvalue weighted by atomic mass is 9.99. The lowest BCUT2D eigenvalue weighted by Gasteiger charge is -2.31. The van der Waals surface area contributed by atoms with Crippen LogP contribution in [0.3, 0.4) is 0 Å². The Morgan fingerprint density at radius 3 is 2.80 bits per heavy atom. The number of nitrogens with zero attached hydrogens (tertiary/aromatic N) is 1. The summed E-state index contributed by atoms with van der Waals surface area (Å²) in [6, 6.07) is 0. The summed E-state index contributed by atoms with van der Waals surface area (Å²) < 4.78 is 5.44. The first-order valence-electron chi connectivity index (χ1n) is 5.57. The van der Waals surface area contributed by atoms with E-state index in [1.54, 1.807) is 6.92 Å². The van der Waals surface area contributed by atoms with Crippen LogP contribution in [0.15, 0.2) is 0 Å². The molecule has 0 saturated carbocycles. The van der Waals surface area contributed by atoms with Gasteiger partial charge < -0.3 is 9.84 Å². The zero-order valence-electron chi connectivity index (χ0n) is 9.82. The van der Waals surface area contributed by atoms with E-state index in [9.17, 15) is 4.79 Å². The largest absolute Gasteiger partial charge is 0.480 e. The minimum atomic E-state index is -0.718. The van der Waals surface area contributed by atoms with E-state index in [-0.39, 0.29) is 6.10 Å². The van der Waals surface area contributed by atoms with Crippen LogP contribution in [0.4, 0.5) is 0 Å². The predicted molar refractivity (Wildman–Crippen MR) is 57.9 cm³/mol. The molecule has 0 aromatic heterocycles. The summed E-state index contributed by atoms with van der Waals surface area (Å²) in [5, 5.41) is 9.17. The van der Waals surface area contributed by atoms with Crippen molar-refractivity contribution in [2.75, 3.05) is 19.7 Å². The van der Waals surface area contributed by atoms with E-state index in [1.165, 1.54) is 0 Å². The third-order valence-corrected chi connectivity index (χ3v) is 3.06. The Hall–Kier alpha value is -0.610. The highest BCUT2D eigenvalue weighted by atomic mass is 16.5. The fraction of sp³-hybridized carbons (Fsp3) is 0.909. The van der Waals surface area contributed by atoms with Crippen molar-refractivity contribution in [1.82, 2.24) is 4.90 Å². The van der Waals surface area contributed by atoms with E-state index in [0.717, 1.165) is 19.4 Å². The third kappa shape index (κ3) is 2.92. The molecule has 15 heavy (non-hydrogen) atoms. The normalized spacial score (nSPS) is 27.5. The number of ether oxygens (including phenoxy) is 1. The second-order valence-corrected chi connectivity index (χ2v) is 4.59. The summed E-state index contributed by atoms with van der Waals surface area (Å²) in [6.45, 7) is 7.96. The molecule has 0 aromatic carbocycles. The molecule has 4 heteroatoms. The third-order valence-electron chi connectivity index (χ3n) is 3.06. The number of carboxylic acid groups (broad SMARTS) is 1. The van der Waals surface area contributed by atoms with E-state index < -0.39 is 11.5 Å². The highest BCUT2D eigenvalue weighted by molar-refractivity contribution is 5.78. The smallest absolute Gasteiger partial charge is 0.323 e. The molecule has 1 N–H and O–H groups in total. The van der Waals surface area contributed by atoms with Crippen molar-refractivity contribution in [3.63, 3.8) is 0 Å². The molecule has 0 radical (unpaired) electrons. The highest BCUT2D eigenvalue weighted by Gasteiger charge is 2.42. The maximum absolute atomic E-state index is 11.1. The molecule has 1 aliphatic heterocycles. The number of carbonyl (C=O) groups is 1. The fourth-order valence-electron chi connectivity index (χ4n) is 2.02. The number of aliphatic carboxylic acids is 1. The first kappa shape index (κ1) is 12.5. The van der Waals surface area contributed by atoms with Gasteiger partial charge in [0, 0.05) is 6.54 Å². The number of hydrogen-bond donors (Lipinski definition) is 1. The first-order chi connectivity index (χ1) is 6.97. The number of carboxylic acids is 1. The van der Waals surface area contributed by atoms with Gasteiger partial charge in [-0.2, -0.15) is 0 Å². The fourth-order valence-corrected chi connectivity index (χ4v) is 2.02. The van der Waals surface area contributed by atoms with Crippen LogP contribution in [0.25, 0.3) is 0 Å². The molecule has 0 bridgehead atoms. The number of hydrogen-bond acceptors (Lipinski definition) is 3. The molecule has 0 amide bonds. The molecule has 4 nitrogen and oxygen atoms in total. The molecule has 0 spiro atoms. The minimum Gasteiger partial charge on any atom is -0.480 e. The van der Waals surface area contributed by atoms with Crippen molar-refractivity contribution >= 4 is 5.97 Å². The van der Waals surface area contributed by atoms with Gasteiger partial charge in [-0.25, -0.2) is 0 Å². The topological polar surface area (TPSA) is 49.8 Å². The Morgan fingerprint density at radius 1 is 1.60 bits per heavy atom. The second kappa shape index (κ2) is 4.94. The summed E-state index contributed by atoms with van der Waals surface area (Å²) in [5.41, 5.74) is -0.680. The van der Waals surface area contributed by atoms with Crippen molar-refractivity contribution in [3.8, 4) is 0 Å². The van der Waals surface area contributed by atoms with Gasteiger partial charge in [-0.15, -0.1) is 0 Å². The molecule has 1 aliphatic rings. The molecule has 1 heterocycles. The molecule has 1 atom stereocenters. The standard InChI is InChI=1S/C11H21NO3/c1-9(2)15-8-7-12-6-4-5-11(12,3)10(13)14/h9H,4-8H2,1-3H3,(H,13,14). The highest BCUT2D eigenvalue weighted by Crippen LogP contribution is 2.28. The molecule has 1 saturated heterocycles. The van der Waals surface area contributed by atoms with Crippen LogP contribution >= 0.6 is 0 Å². The Balaban J connectivity index is 2.43. The van der Waals surface area contributed by atoms with E-state index in [0.29, 0.717) is 13.2 Å². The van der Waals surface area contributed by atoms with Crippen molar-refractivity contribution in [2.45, 2.75) is 45.3 Å².